The fourth-order valence-electron chi connectivity index (χ4n) is 2.14. The van der Waals surface area contributed by atoms with Crippen molar-refractivity contribution in [2.24, 2.45) is 5.18 Å². The van der Waals surface area contributed by atoms with Crippen LogP contribution in [0.15, 0.2) is 50.8 Å². The van der Waals surface area contributed by atoms with E-state index in [9.17, 15) is 25.0 Å². The quantitative estimate of drug-likeness (QED) is 0.625. The van der Waals surface area contributed by atoms with Crippen molar-refractivity contribution in [2.75, 3.05) is 0 Å². The second kappa shape index (κ2) is 4.88. The highest BCUT2D eigenvalue weighted by Crippen LogP contribution is 2.35. The number of phenolic OH excluding ortho intramolecular Hbond substituents is 2. The normalized spacial score (nSPS) is 10.7. The van der Waals surface area contributed by atoms with E-state index in [1.807, 2.05) is 0 Å². The maximum atomic E-state index is 12.2. The number of fused-ring (bicyclic) bond motifs is 1. The van der Waals surface area contributed by atoms with Gasteiger partial charge in [0.1, 0.15) is 28.2 Å². The Balaban J connectivity index is 2.37. The van der Waals surface area contributed by atoms with Crippen LogP contribution in [0.1, 0.15) is 0 Å². The number of hydrogen-bond donors (Lipinski definition) is 3. The summed E-state index contributed by atoms with van der Waals surface area (Å²) >= 11 is 0. The van der Waals surface area contributed by atoms with E-state index in [2.05, 4.69) is 5.18 Å². The molecule has 22 heavy (non-hydrogen) atoms. The molecule has 0 spiro atoms. The molecule has 0 aliphatic heterocycles. The Morgan fingerprint density at radius 2 is 1.68 bits per heavy atom. The summed E-state index contributed by atoms with van der Waals surface area (Å²) in [5.74, 6) is -1.31. The Kier molecular flexibility index (Phi) is 3.03. The van der Waals surface area contributed by atoms with E-state index in [-0.39, 0.29) is 28.2 Å². The molecule has 3 N–H and O–H groups in total. The first-order chi connectivity index (χ1) is 10.5. The van der Waals surface area contributed by atoms with Crippen LogP contribution in [-0.4, -0.2) is 15.3 Å². The van der Waals surface area contributed by atoms with Crippen LogP contribution in [0.25, 0.3) is 22.3 Å². The van der Waals surface area contributed by atoms with Crippen molar-refractivity contribution in [3.8, 4) is 28.6 Å². The van der Waals surface area contributed by atoms with Crippen LogP contribution in [0.4, 0.5) is 5.69 Å². The third-order valence-corrected chi connectivity index (χ3v) is 3.17. The molecule has 0 saturated heterocycles. The van der Waals surface area contributed by atoms with Gasteiger partial charge in [-0.15, -0.1) is 4.91 Å². The summed E-state index contributed by atoms with van der Waals surface area (Å²) in [6.45, 7) is 0. The number of hydrogen-bond acceptors (Lipinski definition) is 7. The highest BCUT2D eigenvalue weighted by molar-refractivity contribution is 5.89. The van der Waals surface area contributed by atoms with Crippen LogP contribution in [-0.2, 0) is 0 Å². The van der Waals surface area contributed by atoms with E-state index < -0.39 is 16.9 Å². The Bertz CT molecular complexity index is 943. The summed E-state index contributed by atoms with van der Waals surface area (Å²) < 4.78 is 5.43. The number of nitrogens with zero attached hydrogens (tertiary/aromatic N) is 1. The Hall–Kier alpha value is -3.35. The topological polar surface area (TPSA) is 120 Å². The molecule has 2 aromatic carbocycles. The SMILES string of the molecule is O=Nc1cc(O)c2c(=O)c(O)c(-c3ccc(O)cc3)oc2c1. The molecule has 0 aliphatic carbocycles. The Labute approximate surface area is 122 Å². The number of nitroso groups, excluding NO2 is 1. The molecule has 7 nitrogen and oxygen atoms in total. The minimum atomic E-state index is -0.834. The predicted octanol–water partition coefficient (Wildman–Crippen LogP) is 2.97. The van der Waals surface area contributed by atoms with Gasteiger partial charge in [0.25, 0.3) is 0 Å². The Morgan fingerprint density at radius 3 is 2.32 bits per heavy atom. The van der Waals surface area contributed by atoms with Crippen LogP contribution in [0.3, 0.4) is 0 Å². The van der Waals surface area contributed by atoms with Crippen molar-refractivity contribution in [1.82, 2.24) is 0 Å². The molecule has 110 valence electrons. The van der Waals surface area contributed by atoms with Gasteiger partial charge in [-0.25, -0.2) is 0 Å². The lowest BCUT2D eigenvalue weighted by Crippen LogP contribution is -2.02. The van der Waals surface area contributed by atoms with Crippen LogP contribution in [0, 0.1) is 4.91 Å². The molecule has 0 bridgehead atoms. The average Bonchev–Trinajstić information content (AvgIpc) is 2.51. The summed E-state index contributed by atoms with van der Waals surface area (Å²) in [6, 6.07) is 7.81. The van der Waals surface area contributed by atoms with E-state index >= 15 is 0 Å². The lowest BCUT2D eigenvalue weighted by molar-refractivity contribution is 0.445. The van der Waals surface area contributed by atoms with Crippen molar-refractivity contribution in [3.63, 3.8) is 0 Å². The molecule has 0 fully saturated rings. The number of phenols is 2. The van der Waals surface area contributed by atoms with E-state index in [4.69, 9.17) is 4.42 Å². The molecule has 7 heteroatoms. The molecule has 0 radical (unpaired) electrons. The fourth-order valence-corrected chi connectivity index (χ4v) is 2.14. The third kappa shape index (κ3) is 2.05. The van der Waals surface area contributed by atoms with Gasteiger partial charge < -0.3 is 19.7 Å². The lowest BCUT2D eigenvalue weighted by atomic mass is 10.1. The van der Waals surface area contributed by atoms with Gasteiger partial charge in [0.2, 0.25) is 11.2 Å². The lowest BCUT2D eigenvalue weighted by Gasteiger charge is -2.07. The predicted molar refractivity (Wildman–Crippen MR) is 78.4 cm³/mol. The summed E-state index contributed by atoms with van der Waals surface area (Å²) in [4.78, 5) is 22.8. The number of benzene rings is 2. The molecule has 0 unspecified atom stereocenters. The highest BCUT2D eigenvalue weighted by Gasteiger charge is 2.18. The first-order valence-electron chi connectivity index (χ1n) is 6.17. The van der Waals surface area contributed by atoms with E-state index in [0.29, 0.717) is 5.56 Å². The van der Waals surface area contributed by atoms with Gasteiger partial charge in [0.15, 0.2) is 5.76 Å². The zero-order valence-corrected chi connectivity index (χ0v) is 11.0. The zero-order valence-electron chi connectivity index (χ0n) is 11.0. The molecule has 3 aromatic rings. The Morgan fingerprint density at radius 1 is 1.00 bits per heavy atom. The first-order valence-corrected chi connectivity index (χ1v) is 6.17. The molecule has 0 aliphatic rings. The second-order valence-corrected chi connectivity index (χ2v) is 4.59. The molecule has 3 rings (SSSR count). The van der Waals surface area contributed by atoms with Gasteiger partial charge in [-0.1, -0.05) is 0 Å². The number of rotatable bonds is 2. The molecular weight excluding hydrogens is 290 g/mol. The van der Waals surface area contributed by atoms with Crippen LogP contribution in [0.2, 0.25) is 0 Å². The van der Waals surface area contributed by atoms with Crippen molar-refractivity contribution in [3.05, 3.63) is 51.5 Å². The zero-order chi connectivity index (χ0) is 15.9. The minimum Gasteiger partial charge on any atom is -0.508 e. The van der Waals surface area contributed by atoms with Crippen LogP contribution < -0.4 is 5.43 Å². The maximum Gasteiger partial charge on any atom is 0.238 e. The van der Waals surface area contributed by atoms with Crippen LogP contribution in [0.5, 0.6) is 17.2 Å². The van der Waals surface area contributed by atoms with Gasteiger partial charge in [0, 0.05) is 17.7 Å². The van der Waals surface area contributed by atoms with E-state index in [1.165, 1.54) is 30.3 Å². The van der Waals surface area contributed by atoms with E-state index in [1.54, 1.807) is 0 Å². The van der Waals surface area contributed by atoms with Gasteiger partial charge in [-0.2, -0.15) is 0 Å². The monoisotopic (exact) mass is 299 g/mol. The fraction of sp³-hybridized carbons (Fsp3) is 0. The molecule has 0 saturated carbocycles. The van der Waals surface area contributed by atoms with Crippen molar-refractivity contribution in [2.45, 2.75) is 0 Å². The third-order valence-electron chi connectivity index (χ3n) is 3.17. The smallest absolute Gasteiger partial charge is 0.238 e. The van der Waals surface area contributed by atoms with Crippen molar-refractivity contribution >= 4 is 16.7 Å². The van der Waals surface area contributed by atoms with Crippen LogP contribution >= 0.6 is 0 Å². The summed E-state index contributed by atoms with van der Waals surface area (Å²) in [5.41, 5.74) is -0.687. The van der Waals surface area contributed by atoms with Gasteiger partial charge >= 0.3 is 0 Å². The standard InChI is InChI=1S/C15H9NO6/c17-9-3-1-7(2-4-9)15-14(20)13(19)12-10(18)5-8(16-21)6-11(12)22-15/h1-6,17-18,20H. The van der Waals surface area contributed by atoms with Crippen molar-refractivity contribution in [1.29, 1.82) is 0 Å². The van der Waals surface area contributed by atoms with Gasteiger partial charge in [-0.05, 0) is 29.4 Å². The van der Waals surface area contributed by atoms with E-state index in [0.717, 1.165) is 6.07 Å². The highest BCUT2D eigenvalue weighted by atomic mass is 16.4. The molecule has 0 atom stereocenters. The van der Waals surface area contributed by atoms with Gasteiger partial charge in [-0.3, -0.25) is 4.79 Å². The van der Waals surface area contributed by atoms with Crippen molar-refractivity contribution < 1.29 is 19.7 Å². The summed E-state index contributed by atoms with van der Waals surface area (Å²) in [7, 11) is 0. The van der Waals surface area contributed by atoms with Gasteiger partial charge in [0.05, 0.1) is 0 Å². The summed E-state index contributed by atoms with van der Waals surface area (Å²) in [6.07, 6.45) is 0. The molecule has 1 heterocycles. The average molecular weight is 299 g/mol. The minimum absolute atomic E-state index is 0.0106. The maximum absolute atomic E-state index is 12.2. The second-order valence-electron chi connectivity index (χ2n) is 4.59. The summed E-state index contributed by atoms with van der Waals surface area (Å²) in [5, 5.41) is 31.5. The molecular formula is C15H9NO6. The molecule has 1 aromatic heterocycles. The first kappa shape index (κ1) is 13.6. The molecule has 0 amide bonds. The largest absolute Gasteiger partial charge is 0.508 e. The number of aromatic hydroxyl groups is 3.